The number of aryl methyl sites for hydroxylation is 1. The molecule has 1 aromatic carbocycles. The Hall–Kier alpha value is -1.99. The molecule has 0 unspecified atom stereocenters. The molecule has 1 amide bonds. The summed E-state index contributed by atoms with van der Waals surface area (Å²) in [6.45, 7) is 3.92. The smallest absolute Gasteiger partial charge is 0.311 e. The largest absolute Gasteiger partial charge is 0.457 e. The lowest BCUT2D eigenvalue weighted by atomic mass is 10.1. The number of ether oxygens (including phenoxy) is 1. The van der Waals surface area contributed by atoms with Crippen LogP contribution in [0, 0.1) is 19.8 Å². The van der Waals surface area contributed by atoms with Crippen LogP contribution in [0.5, 0.6) is 0 Å². The number of thiophene rings is 1. The zero-order chi connectivity index (χ0) is 18.8. The van der Waals surface area contributed by atoms with Gasteiger partial charge < -0.3 is 9.64 Å². The highest BCUT2D eigenvalue weighted by Crippen LogP contribution is 2.30. The number of carbonyl (C=O) groups is 3. The molecule has 0 N–H and O–H groups in total. The molecule has 5 nitrogen and oxygen atoms in total. The maximum absolute atomic E-state index is 12.4. The summed E-state index contributed by atoms with van der Waals surface area (Å²) in [5.74, 6) is -1.40. The summed E-state index contributed by atoms with van der Waals surface area (Å²) in [5.41, 5.74) is 2.94. The second-order valence-corrected chi connectivity index (χ2v) is 8.72. The van der Waals surface area contributed by atoms with E-state index in [4.69, 9.17) is 4.74 Å². The molecular weight excluding hydrogens is 418 g/mol. The van der Waals surface area contributed by atoms with E-state index in [9.17, 15) is 14.4 Å². The number of nitrogens with zero attached hydrogens (tertiary/aromatic N) is 1. The predicted molar refractivity (Wildman–Crippen MR) is 104 cm³/mol. The molecule has 26 heavy (non-hydrogen) atoms. The van der Waals surface area contributed by atoms with Gasteiger partial charge in [0, 0.05) is 18.7 Å². The van der Waals surface area contributed by atoms with E-state index in [1.807, 2.05) is 32.0 Å². The maximum atomic E-state index is 12.4. The van der Waals surface area contributed by atoms with Crippen molar-refractivity contribution in [3.8, 4) is 0 Å². The maximum Gasteiger partial charge on any atom is 0.311 e. The first-order chi connectivity index (χ1) is 12.4. The lowest BCUT2D eigenvalue weighted by molar-refractivity contribution is -0.147. The number of ketones is 1. The number of hydrogen-bond donors (Lipinski definition) is 0. The summed E-state index contributed by atoms with van der Waals surface area (Å²) in [6.07, 6.45) is 0.102. The first-order valence-electron chi connectivity index (χ1n) is 8.18. The van der Waals surface area contributed by atoms with Gasteiger partial charge in [-0.25, -0.2) is 0 Å². The van der Waals surface area contributed by atoms with E-state index in [0.29, 0.717) is 4.88 Å². The van der Waals surface area contributed by atoms with Gasteiger partial charge in [-0.1, -0.05) is 12.1 Å². The fourth-order valence-corrected chi connectivity index (χ4v) is 4.23. The van der Waals surface area contributed by atoms with Crippen molar-refractivity contribution < 1.29 is 19.1 Å². The van der Waals surface area contributed by atoms with Crippen molar-refractivity contribution in [3.05, 3.63) is 50.1 Å². The Morgan fingerprint density at radius 3 is 2.73 bits per heavy atom. The Bertz CT molecular complexity index is 876. The van der Waals surface area contributed by atoms with E-state index in [1.165, 1.54) is 11.3 Å². The van der Waals surface area contributed by atoms with Crippen LogP contribution in [0.4, 0.5) is 5.69 Å². The highest BCUT2D eigenvalue weighted by Gasteiger charge is 2.37. The minimum Gasteiger partial charge on any atom is -0.457 e. The monoisotopic (exact) mass is 435 g/mol. The lowest BCUT2D eigenvalue weighted by Gasteiger charge is -2.20. The van der Waals surface area contributed by atoms with Crippen LogP contribution in [0.1, 0.15) is 27.2 Å². The zero-order valence-electron chi connectivity index (χ0n) is 14.5. The quantitative estimate of drug-likeness (QED) is 0.527. The van der Waals surface area contributed by atoms with Gasteiger partial charge in [0.2, 0.25) is 11.7 Å². The number of anilines is 1. The number of amides is 1. The van der Waals surface area contributed by atoms with Crippen LogP contribution in [0.3, 0.4) is 0 Å². The summed E-state index contributed by atoms with van der Waals surface area (Å²) in [6, 6.07) is 9.23. The molecule has 0 bridgehead atoms. The van der Waals surface area contributed by atoms with E-state index < -0.39 is 11.9 Å². The second kappa shape index (κ2) is 7.72. The number of rotatable bonds is 5. The normalized spacial score (nSPS) is 16.8. The predicted octanol–water partition coefficient (Wildman–Crippen LogP) is 3.91. The Morgan fingerprint density at radius 1 is 1.27 bits per heavy atom. The van der Waals surface area contributed by atoms with Crippen LogP contribution < -0.4 is 4.90 Å². The van der Waals surface area contributed by atoms with E-state index in [2.05, 4.69) is 15.9 Å². The summed E-state index contributed by atoms with van der Waals surface area (Å²) in [4.78, 5) is 38.9. The zero-order valence-corrected chi connectivity index (χ0v) is 16.9. The van der Waals surface area contributed by atoms with Crippen molar-refractivity contribution in [3.63, 3.8) is 0 Å². The van der Waals surface area contributed by atoms with E-state index in [0.717, 1.165) is 20.6 Å². The number of halogens is 1. The molecule has 0 radical (unpaired) electrons. The summed E-state index contributed by atoms with van der Waals surface area (Å²) < 4.78 is 6.01. The third-order valence-electron chi connectivity index (χ3n) is 4.52. The standard InChI is InChI=1S/C19H18BrNO4S/c1-11-4-3-5-14(12(11)2)21-9-13(8-18(21)23)19(24)25-10-15(22)16-6-7-17(20)26-16/h3-7,13H,8-10H2,1-2H3/t13-/m1/s1. The summed E-state index contributed by atoms with van der Waals surface area (Å²) >= 11 is 4.59. The van der Waals surface area contributed by atoms with Crippen LogP contribution in [0.25, 0.3) is 0 Å². The minimum atomic E-state index is -0.551. The summed E-state index contributed by atoms with van der Waals surface area (Å²) in [5, 5.41) is 0. The molecule has 1 aliphatic rings. The molecule has 7 heteroatoms. The third-order valence-corrected chi connectivity index (χ3v) is 6.18. The van der Waals surface area contributed by atoms with Crippen LogP contribution in [0.2, 0.25) is 0 Å². The second-order valence-electron chi connectivity index (χ2n) is 6.26. The van der Waals surface area contributed by atoms with E-state index in [-0.39, 0.29) is 31.3 Å². The van der Waals surface area contributed by atoms with Gasteiger partial charge in [-0.05, 0) is 59.1 Å². The molecule has 136 valence electrons. The topological polar surface area (TPSA) is 63.7 Å². The molecule has 1 aromatic heterocycles. The molecule has 2 aromatic rings. The highest BCUT2D eigenvalue weighted by atomic mass is 79.9. The fraction of sp³-hybridized carbons (Fsp3) is 0.316. The van der Waals surface area contributed by atoms with Crippen LogP contribution >= 0.6 is 27.3 Å². The Balaban J connectivity index is 1.62. The SMILES string of the molecule is Cc1cccc(N2C[C@H](C(=O)OCC(=O)c3ccc(Br)s3)CC2=O)c1C. The average Bonchev–Trinajstić information content (AvgIpc) is 3.21. The molecule has 0 spiro atoms. The number of benzene rings is 1. The summed E-state index contributed by atoms with van der Waals surface area (Å²) in [7, 11) is 0. The van der Waals surface area contributed by atoms with Crippen molar-refractivity contribution >= 4 is 50.6 Å². The first kappa shape index (κ1) is 18.8. The van der Waals surface area contributed by atoms with Gasteiger partial charge in [-0.15, -0.1) is 11.3 Å². The highest BCUT2D eigenvalue weighted by molar-refractivity contribution is 9.11. The Labute approximate surface area is 164 Å². The average molecular weight is 436 g/mol. The van der Waals surface area contributed by atoms with E-state index >= 15 is 0 Å². The van der Waals surface area contributed by atoms with Gasteiger partial charge in [-0.3, -0.25) is 14.4 Å². The first-order valence-corrected chi connectivity index (χ1v) is 9.79. The van der Waals surface area contributed by atoms with Crippen LogP contribution in [-0.4, -0.2) is 30.8 Å². The van der Waals surface area contributed by atoms with E-state index in [1.54, 1.807) is 17.0 Å². The Morgan fingerprint density at radius 2 is 2.04 bits per heavy atom. The van der Waals surface area contributed by atoms with Crippen LogP contribution in [-0.2, 0) is 14.3 Å². The van der Waals surface area contributed by atoms with Gasteiger partial charge in [0.25, 0.3) is 0 Å². The van der Waals surface area contributed by atoms with Gasteiger partial charge in [0.05, 0.1) is 14.6 Å². The van der Waals surface area contributed by atoms with Gasteiger partial charge in [-0.2, -0.15) is 0 Å². The number of esters is 1. The molecule has 1 aliphatic heterocycles. The fourth-order valence-electron chi connectivity index (χ4n) is 2.92. The molecule has 0 aliphatic carbocycles. The van der Waals surface area contributed by atoms with Crippen molar-refractivity contribution in [2.75, 3.05) is 18.1 Å². The van der Waals surface area contributed by atoms with Gasteiger partial charge >= 0.3 is 5.97 Å². The number of hydrogen-bond acceptors (Lipinski definition) is 5. The van der Waals surface area contributed by atoms with Crippen LogP contribution in [0.15, 0.2) is 34.1 Å². The number of Topliss-reactive ketones (excluding diaryl/α,β-unsaturated/α-hetero) is 1. The molecular formula is C19H18BrNO4S. The third kappa shape index (κ3) is 3.88. The van der Waals surface area contributed by atoms with Crippen molar-refractivity contribution in [2.45, 2.75) is 20.3 Å². The molecule has 1 fully saturated rings. The van der Waals surface area contributed by atoms with Crippen molar-refractivity contribution in [1.82, 2.24) is 0 Å². The lowest BCUT2D eigenvalue weighted by Crippen LogP contribution is -2.27. The minimum absolute atomic E-state index is 0.102. The van der Waals surface area contributed by atoms with Gasteiger partial charge in [0.15, 0.2) is 6.61 Å². The molecule has 2 heterocycles. The van der Waals surface area contributed by atoms with Gasteiger partial charge in [0.1, 0.15) is 0 Å². The number of carbonyl (C=O) groups excluding carboxylic acids is 3. The van der Waals surface area contributed by atoms with Crippen molar-refractivity contribution in [2.24, 2.45) is 5.92 Å². The van der Waals surface area contributed by atoms with Crippen molar-refractivity contribution in [1.29, 1.82) is 0 Å². The Kier molecular flexibility index (Phi) is 5.58. The molecule has 3 rings (SSSR count). The molecule has 1 atom stereocenters. The molecule has 0 saturated carbocycles. The molecule has 1 saturated heterocycles.